The molecule has 4 N–H and O–H groups in total. The standard InChI is InChI=1S/C19H17ClF2N4O3/c1-9-15(6-3-11(8-23)16(9)20)24-17(10(2)27)19(29)26-25-18(28)13-5-4-12(21)7-14(13)22/h3-7,10,17,24,27H,1-2H3,(H,25,28)(H,26,29)/t10-,17-/m1/s1. The number of carbonyl (C=O) groups is 2. The summed E-state index contributed by atoms with van der Waals surface area (Å²) in [6.07, 6.45) is -1.19. The van der Waals surface area contributed by atoms with Crippen LogP contribution in [0.1, 0.15) is 28.4 Å². The molecule has 0 spiro atoms. The first kappa shape index (κ1) is 22.1. The fourth-order valence-electron chi connectivity index (χ4n) is 2.44. The van der Waals surface area contributed by atoms with Gasteiger partial charge in [0, 0.05) is 11.8 Å². The van der Waals surface area contributed by atoms with Gasteiger partial charge in [-0.2, -0.15) is 5.26 Å². The van der Waals surface area contributed by atoms with Crippen molar-refractivity contribution >= 4 is 29.1 Å². The van der Waals surface area contributed by atoms with Gasteiger partial charge in [-0.3, -0.25) is 20.4 Å². The van der Waals surface area contributed by atoms with Crippen LogP contribution in [0.3, 0.4) is 0 Å². The number of aliphatic hydroxyl groups excluding tert-OH is 1. The molecule has 7 nitrogen and oxygen atoms in total. The lowest BCUT2D eigenvalue weighted by Crippen LogP contribution is -2.52. The SMILES string of the molecule is Cc1c(N[C@@H](C(=O)NNC(=O)c2ccc(F)cc2F)[C@@H](C)O)ccc(C#N)c1Cl. The number of nitrogens with one attached hydrogen (secondary N) is 3. The fourth-order valence-corrected chi connectivity index (χ4v) is 2.64. The van der Waals surface area contributed by atoms with Crippen molar-refractivity contribution in [2.24, 2.45) is 0 Å². The van der Waals surface area contributed by atoms with Gasteiger partial charge in [0.1, 0.15) is 23.7 Å². The van der Waals surface area contributed by atoms with E-state index in [9.17, 15) is 23.5 Å². The van der Waals surface area contributed by atoms with Crippen LogP contribution in [0.2, 0.25) is 5.02 Å². The molecule has 0 saturated heterocycles. The summed E-state index contributed by atoms with van der Waals surface area (Å²) in [4.78, 5) is 24.4. The molecule has 29 heavy (non-hydrogen) atoms. The van der Waals surface area contributed by atoms with E-state index in [1.807, 2.05) is 11.5 Å². The first-order valence-corrected chi connectivity index (χ1v) is 8.72. The van der Waals surface area contributed by atoms with Gasteiger partial charge in [0.05, 0.1) is 22.3 Å². The van der Waals surface area contributed by atoms with Crippen molar-refractivity contribution in [3.05, 3.63) is 63.7 Å². The van der Waals surface area contributed by atoms with Crippen LogP contribution in [0, 0.1) is 29.9 Å². The molecule has 2 aromatic rings. The maximum Gasteiger partial charge on any atom is 0.272 e. The van der Waals surface area contributed by atoms with Crippen molar-refractivity contribution in [1.82, 2.24) is 10.9 Å². The molecule has 2 amide bonds. The van der Waals surface area contributed by atoms with Gasteiger partial charge < -0.3 is 10.4 Å². The highest BCUT2D eigenvalue weighted by Gasteiger charge is 2.25. The van der Waals surface area contributed by atoms with E-state index in [4.69, 9.17) is 16.9 Å². The number of hydrogen-bond acceptors (Lipinski definition) is 5. The predicted molar refractivity (Wildman–Crippen MR) is 102 cm³/mol. The van der Waals surface area contributed by atoms with Crippen molar-refractivity contribution in [3.8, 4) is 6.07 Å². The minimum absolute atomic E-state index is 0.197. The Balaban J connectivity index is 2.11. The molecule has 10 heteroatoms. The lowest BCUT2D eigenvalue weighted by molar-refractivity contribution is -0.124. The van der Waals surface area contributed by atoms with Crippen LogP contribution in [0.15, 0.2) is 30.3 Å². The number of halogens is 3. The van der Waals surface area contributed by atoms with Crippen molar-refractivity contribution in [2.75, 3.05) is 5.32 Å². The van der Waals surface area contributed by atoms with E-state index < -0.39 is 41.2 Å². The Morgan fingerprint density at radius 1 is 1.21 bits per heavy atom. The van der Waals surface area contributed by atoms with Gasteiger partial charge in [0.25, 0.3) is 11.8 Å². The molecule has 0 aromatic heterocycles. The largest absolute Gasteiger partial charge is 0.391 e. The summed E-state index contributed by atoms with van der Waals surface area (Å²) in [6.45, 7) is 2.97. The number of hydrogen-bond donors (Lipinski definition) is 4. The van der Waals surface area contributed by atoms with Gasteiger partial charge in [0.15, 0.2) is 0 Å². The Bertz CT molecular complexity index is 992. The van der Waals surface area contributed by atoms with Gasteiger partial charge in [-0.15, -0.1) is 0 Å². The maximum absolute atomic E-state index is 13.6. The minimum Gasteiger partial charge on any atom is -0.391 e. The summed E-state index contributed by atoms with van der Waals surface area (Å²) in [5.74, 6) is -3.77. The highest BCUT2D eigenvalue weighted by molar-refractivity contribution is 6.32. The van der Waals surface area contributed by atoms with E-state index in [-0.39, 0.29) is 10.6 Å². The summed E-state index contributed by atoms with van der Waals surface area (Å²) in [7, 11) is 0. The molecule has 0 aliphatic rings. The molecule has 0 saturated carbocycles. The summed E-state index contributed by atoms with van der Waals surface area (Å²) < 4.78 is 26.6. The van der Waals surface area contributed by atoms with E-state index in [0.717, 1.165) is 12.1 Å². The van der Waals surface area contributed by atoms with Crippen LogP contribution in [0.5, 0.6) is 0 Å². The molecule has 0 bridgehead atoms. The smallest absolute Gasteiger partial charge is 0.272 e. The van der Waals surface area contributed by atoms with Crippen LogP contribution in [0.4, 0.5) is 14.5 Å². The van der Waals surface area contributed by atoms with Crippen molar-refractivity contribution in [2.45, 2.75) is 26.0 Å². The number of nitriles is 1. The monoisotopic (exact) mass is 422 g/mol. The number of aliphatic hydroxyl groups is 1. The molecular formula is C19H17ClF2N4O3. The molecule has 0 unspecified atom stereocenters. The molecule has 0 heterocycles. The highest BCUT2D eigenvalue weighted by Crippen LogP contribution is 2.27. The van der Waals surface area contributed by atoms with E-state index in [0.29, 0.717) is 17.3 Å². The zero-order chi connectivity index (χ0) is 21.7. The third kappa shape index (κ3) is 5.19. The molecule has 0 aliphatic heterocycles. The van der Waals surface area contributed by atoms with Crippen LogP contribution in [-0.4, -0.2) is 29.1 Å². The van der Waals surface area contributed by atoms with Gasteiger partial charge in [-0.25, -0.2) is 8.78 Å². The van der Waals surface area contributed by atoms with Crippen LogP contribution in [0.25, 0.3) is 0 Å². The van der Waals surface area contributed by atoms with Gasteiger partial charge in [0.2, 0.25) is 0 Å². The van der Waals surface area contributed by atoms with Gasteiger partial charge >= 0.3 is 0 Å². The Labute approximate surface area is 170 Å². The van der Waals surface area contributed by atoms with Crippen molar-refractivity contribution in [3.63, 3.8) is 0 Å². The average molecular weight is 423 g/mol. The second kappa shape index (κ2) is 9.32. The lowest BCUT2D eigenvalue weighted by atomic mass is 10.1. The van der Waals surface area contributed by atoms with Crippen LogP contribution >= 0.6 is 11.6 Å². The zero-order valence-corrected chi connectivity index (χ0v) is 16.1. The van der Waals surface area contributed by atoms with Crippen LogP contribution in [-0.2, 0) is 4.79 Å². The van der Waals surface area contributed by atoms with E-state index in [2.05, 4.69) is 10.7 Å². The van der Waals surface area contributed by atoms with Crippen LogP contribution < -0.4 is 16.2 Å². The molecule has 0 fully saturated rings. The third-order valence-electron chi connectivity index (χ3n) is 4.06. The summed E-state index contributed by atoms with van der Waals surface area (Å²) in [5.41, 5.74) is 4.74. The number of nitrogens with zero attached hydrogens (tertiary/aromatic N) is 1. The molecule has 152 valence electrons. The number of amides is 2. The van der Waals surface area contributed by atoms with E-state index in [1.165, 1.54) is 19.1 Å². The third-order valence-corrected chi connectivity index (χ3v) is 4.54. The number of rotatable bonds is 5. The predicted octanol–water partition coefficient (Wildman–Crippen LogP) is 2.42. The Kier molecular flexibility index (Phi) is 7.09. The topological polar surface area (TPSA) is 114 Å². The fraction of sp³-hybridized carbons (Fsp3) is 0.211. The van der Waals surface area contributed by atoms with E-state index >= 15 is 0 Å². The van der Waals surface area contributed by atoms with Gasteiger partial charge in [-0.05, 0) is 43.7 Å². The zero-order valence-electron chi connectivity index (χ0n) is 15.4. The van der Waals surface area contributed by atoms with E-state index in [1.54, 1.807) is 6.92 Å². The van der Waals surface area contributed by atoms with Crippen molar-refractivity contribution < 1.29 is 23.5 Å². The molecule has 2 rings (SSSR count). The first-order valence-electron chi connectivity index (χ1n) is 8.34. The molecule has 2 atom stereocenters. The first-order chi connectivity index (χ1) is 13.6. The highest BCUT2D eigenvalue weighted by atomic mass is 35.5. The lowest BCUT2D eigenvalue weighted by Gasteiger charge is -2.23. The number of hydrazine groups is 1. The normalized spacial score (nSPS) is 12.4. The molecule has 0 aliphatic carbocycles. The summed E-state index contributed by atoms with van der Waals surface area (Å²) in [6, 6.07) is 6.06. The Hall–Kier alpha value is -3.22. The number of benzene rings is 2. The molecule has 0 radical (unpaired) electrons. The second-order valence-corrected chi connectivity index (χ2v) is 6.52. The van der Waals surface area contributed by atoms with Crippen molar-refractivity contribution in [1.29, 1.82) is 5.26 Å². The van der Waals surface area contributed by atoms with Gasteiger partial charge in [-0.1, -0.05) is 11.6 Å². The average Bonchev–Trinajstić information content (AvgIpc) is 2.66. The minimum atomic E-state index is -1.21. The maximum atomic E-state index is 13.6. The summed E-state index contributed by atoms with van der Waals surface area (Å²) in [5, 5.41) is 21.9. The number of anilines is 1. The summed E-state index contributed by atoms with van der Waals surface area (Å²) >= 11 is 6.09. The molecule has 2 aromatic carbocycles. The number of carbonyl (C=O) groups excluding carboxylic acids is 2. The second-order valence-electron chi connectivity index (χ2n) is 6.14. The quantitative estimate of drug-likeness (QED) is 0.552. The Morgan fingerprint density at radius 2 is 1.90 bits per heavy atom. The molecular weight excluding hydrogens is 406 g/mol. The Morgan fingerprint density at radius 3 is 2.48 bits per heavy atom.